The van der Waals surface area contributed by atoms with Gasteiger partial charge in [0, 0.05) is 10.6 Å². The topological polar surface area (TPSA) is 88.1 Å². The van der Waals surface area contributed by atoms with Crippen molar-refractivity contribution in [2.24, 2.45) is 5.10 Å². The number of nitrogens with one attached hydrogen (secondary N) is 1. The molecule has 0 bridgehead atoms. The molecule has 0 aromatic heterocycles. The van der Waals surface area contributed by atoms with Gasteiger partial charge in [0.1, 0.15) is 18.9 Å². The average Bonchev–Trinajstić information content (AvgIpc) is 2.93. The molecule has 7 nitrogen and oxygen atoms in total. The fourth-order valence-corrected chi connectivity index (χ4v) is 5.25. The molecule has 0 aliphatic rings. The molecule has 4 rings (SSSR count). The summed E-state index contributed by atoms with van der Waals surface area (Å²) < 4.78 is 33.7. The van der Waals surface area contributed by atoms with Gasteiger partial charge in [0.2, 0.25) is 0 Å². The van der Waals surface area contributed by atoms with Crippen molar-refractivity contribution in [3.05, 3.63) is 124 Å². The minimum Gasteiger partial charge on any atom is -0.489 e. The zero-order chi connectivity index (χ0) is 27.8. The van der Waals surface area contributed by atoms with Crippen molar-refractivity contribution >= 4 is 39.4 Å². The van der Waals surface area contributed by atoms with Crippen LogP contribution in [0.25, 0.3) is 0 Å². The Kier molecular flexibility index (Phi) is 9.01. The molecule has 0 fully saturated rings. The van der Waals surface area contributed by atoms with E-state index in [4.69, 9.17) is 16.3 Å². The zero-order valence-electron chi connectivity index (χ0n) is 21.5. The first-order chi connectivity index (χ1) is 18.7. The summed E-state index contributed by atoms with van der Waals surface area (Å²) in [6.45, 7) is 3.68. The SMILES string of the molecule is Cc1ccc(N(CC(=O)N/N=C\c2ccc(OCc3ccccc3Cl)cc2)S(=O)(=O)c2ccc(C)cc2)cc1. The van der Waals surface area contributed by atoms with Gasteiger partial charge in [-0.2, -0.15) is 5.10 Å². The lowest BCUT2D eigenvalue weighted by molar-refractivity contribution is -0.119. The van der Waals surface area contributed by atoms with Crippen LogP contribution in [0.3, 0.4) is 0 Å². The molecule has 200 valence electrons. The number of nitrogens with zero attached hydrogens (tertiary/aromatic N) is 2. The molecule has 0 saturated heterocycles. The number of amides is 1. The monoisotopic (exact) mass is 561 g/mol. The molecule has 0 saturated carbocycles. The molecule has 0 aliphatic carbocycles. The highest BCUT2D eigenvalue weighted by molar-refractivity contribution is 7.92. The number of hydrogen-bond acceptors (Lipinski definition) is 5. The fraction of sp³-hybridized carbons (Fsp3) is 0.133. The first-order valence-corrected chi connectivity index (χ1v) is 14.0. The highest BCUT2D eigenvalue weighted by atomic mass is 35.5. The van der Waals surface area contributed by atoms with Gasteiger partial charge in [-0.25, -0.2) is 13.8 Å². The molecular formula is C30H28ClN3O4S. The summed E-state index contributed by atoms with van der Waals surface area (Å²) in [6.07, 6.45) is 1.47. The maximum atomic E-state index is 13.4. The Morgan fingerprint density at radius 2 is 1.51 bits per heavy atom. The molecule has 0 aliphatic heterocycles. The number of ether oxygens (including phenoxy) is 1. The Balaban J connectivity index is 1.40. The van der Waals surface area contributed by atoms with E-state index in [0.29, 0.717) is 23.1 Å². The summed E-state index contributed by atoms with van der Waals surface area (Å²) in [7, 11) is -3.99. The molecule has 9 heteroatoms. The first-order valence-electron chi connectivity index (χ1n) is 12.2. The molecule has 4 aromatic carbocycles. The van der Waals surface area contributed by atoms with Crippen LogP contribution in [0.1, 0.15) is 22.3 Å². The Labute approximate surface area is 233 Å². The molecule has 1 N–H and O–H groups in total. The second-order valence-corrected chi connectivity index (χ2v) is 11.2. The molecule has 1 amide bonds. The van der Waals surface area contributed by atoms with Crippen molar-refractivity contribution in [1.29, 1.82) is 0 Å². The molecule has 39 heavy (non-hydrogen) atoms. The summed E-state index contributed by atoms with van der Waals surface area (Å²) in [5.74, 6) is 0.0772. The van der Waals surface area contributed by atoms with Gasteiger partial charge in [0.15, 0.2) is 0 Å². The summed E-state index contributed by atoms with van der Waals surface area (Å²) in [6, 6.07) is 28.1. The van der Waals surface area contributed by atoms with E-state index in [1.165, 1.54) is 18.3 Å². The van der Waals surface area contributed by atoms with Crippen molar-refractivity contribution in [1.82, 2.24) is 5.43 Å². The smallest absolute Gasteiger partial charge is 0.264 e. The predicted molar refractivity (Wildman–Crippen MR) is 155 cm³/mol. The number of halogens is 1. The molecular weight excluding hydrogens is 534 g/mol. The van der Waals surface area contributed by atoms with E-state index < -0.39 is 22.5 Å². The van der Waals surface area contributed by atoms with Crippen LogP contribution >= 0.6 is 11.6 Å². The lowest BCUT2D eigenvalue weighted by Gasteiger charge is -2.24. The van der Waals surface area contributed by atoms with Crippen LogP contribution < -0.4 is 14.5 Å². The molecule has 0 radical (unpaired) electrons. The van der Waals surface area contributed by atoms with E-state index in [2.05, 4.69) is 10.5 Å². The quantitative estimate of drug-likeness (QED) is 0.193. The van der Waals surface area contributed by atoms with Crippen LogP contribution in [0.5, 0.6) is 5.75 Å². The van der Waals surface area contributed by atoms with E-state index in [1.807, 2.05) is 38.1 Å². The molecule has 0 unspecified atom stereocenters. The zero-order valence-corrected chi connectivity index (χ0v) is 23.1. The van der Waals surface area contributed by atoms with E-state index in [9.17, 15) is 13.2 Å². The van der Waals surface area contributed by atoms with Gasteiger partial charge in [-0.15, -0.1) is 0 Å². The fourth-order valence-electron chi connectivity index (χ4n) is 3.63. The van der Waals surface area contributed by atoms with Crippen molar-refractivity contribution < 1.29 is 17.9 Å². The molecule has 4 aromatic rings. The third-order valence-electron chi connectivity index (χ3n) is 5.85. The minimum absolute atomic E-state index is 0.0989. The Morgan fingerprint density at radius 1 is 0.897 bits per heavy atom. The number of sulfonamides is 1. The largest absolute Gasteiger partial charge is 0.489 e. The van der Waals surface area contributed by atoms with Gasteiger partial charge in [-0.1, -0.05) is 65.2 Å². The van der Waals surface area contributed by atoms with Gasteiger partial charge >= 0.3 is 0 Å². The number of aryl methyl sites for hydroxylation is 2. The normalized spacial score (nSPS) is 11.4. The summed E-state index contributed by atoms with van der Waals surface area (Å²) in [5.41, 5.74) is 6.32. The number of hydrogen-bond donors (Lipinski definition) is 1. The summed E-state index contributed by atoms with van der Waals surface area (Å²) in [4.78, 5) is 12.9. The van der Waals surface area contributed by atoms with Gasteiger partial charge < -0.3 is 4.74 Å². The number of hydrazone groups is 1. The number of benzene rings is 4. The van der Waals surface area contributed by atoms with Gasteiger partial charge in [-0.05, 0) is 74.0 Å². The maximum Gasteiger partial charge on any atom is 0.264 e. The van der Waals surface area contributed by atoms with Crippen LogP contribution in [0, 0.1) is 13.8 Å². The standard InChI is InChI=1S/C30H28ClN3O4S/c1-22-7-13-26(14-8-22)34(39(36,37)28-17-9-23(2)10-18-28)20-30(35)33-32-19-24-11-15-27(16-12-24)38-21-25-5-3-4-6-29(25)31/h3-19H,20-21H2,1-2H3,(H,33,35)/b32-19-. The van der Waals surface area contributed by atoms with Crippen LogP contribution in [-0.4, -0.2) is 27.1 Å². The maximum absolute atomic E-state index is 13.4. The lowest BCUT2D eigenvalue weighted by atomic mass is 10.2. The van der Waals surface area contributed by atoms with Gasteiger partial charge in [-0.3, -0.25) is 9.10 Å². The number of rotatable bonds is 10. The Hall–Kier alpha value is -4.14. The van der Waals surface area contributed by atoms with Crippen molar-refractivity contribution in [3.8, 4) is 5.75 Å². The molecule has 0 atom stereocenters. The number of anilines is 1. The van der Waals surface area contributed by atoms with Crippen LogP contribution in [0.4, 0.5) is 5.69 Å². The van der Waals surface area contributed by atoms with Gasteiger partial charge in [0.25, 0.3) is 15.9 Å². The summed E-state index contributed by atoms with van der Waals surface area (Å²) >= 11 is 6.16. The Morgan fingerprint density at radius 3 is 2.15 bits per heavy atom. The second-order valence-electron chi connectivity index (χ2n) is 8.90. The lowest BCUT2D eigenvalue weighted by Crippen LogP contribution is -2.39. The van der Waals surface area contributed by atoms with Crippen LogP contribution in [0.15, 0.2) is 107 Å². The van der Waals surface area contributed by atoms with E-state index in [-0.39, 0.29) is 4.90 Å². The number of carbonyl (C=O) groups is 1. The third-order valence-corrected chi connectivity index (χ3v) is 8.01. The molecule has 0 spiro atoms. The average molecular weight is 562 g/mol. The highest BCUT2D eigenvalue weighted by Gasteiger charge is 2.27. The predicted octanol–water partition coefficient (Wildman–Crippen LogP) is 5.88. The van der Waals surface area contributed by atoms with Crippen molar-refractivity contribution in [3.63, 3.8) is 0 Å². The van der Waals surface area contributed by atoms with E-state index in [0.717, 1.165) is 26.6 Å². The minimum atomic E-state index is -3.99. The van der Waals surface area contributed by atoms with Crippen molar-refractivity contribution in [2.75, 3.05) is 10.8 Å². The first kappa shape index (κ1) is 27.9. The van der Waals surface area contributed by atoms with Crippen LogP contribution in [0.2, 0.25) is 5.02 Å². The van der Waals surface area contributed by atoms with E-state index in [1.54, 1.807) is 60.7 Å². The number of carbonyl (C=O) groups excluding carboxylic acids is 1. The second kappa shape index (κ2) is 12.6. The third kappa shape index (κ3) is 7.46. The highest BCUT2D eigenvalue weighted by Crippen LogP contribution is 2.24. The van der Waals surface area contributed by atoms with Crippen LogP contribution in [-0.2, 0) is 21.4 Å². The van der Waals surface area contributed by atoms with E-state index >= 15 is 0 Å². The molecule has 0 heterocycles. The van der Waals surface area contributed by atoms with Gasteiger partial charge in [0.05, 0.1) is 16.8 Å². The van der Waals surface area contributed by atoms with Crippen molar-refractivity contribution in [2.45, 2.75) is 25.3 Å². The Bertz CT molecular complexity index is 1550. The summed E-state index contributed by atoms with van der Waals surface area (Å²) in [5, 5.41) is 4.64.